The van der Waals surface area contributed by atoms with Gasteiger partial charge in [-0.2, -0.15) is 0 Å². The Balaban J connectivity index is 3.90. The van der Waals surface area contributed by atoms with Crippen LogP contribution in [0.2, 0.25) is 0 Å². The molecule has 0 saturated carbocycles. The molecular weight excluding hydrogens is 206 g/mol. The topological polar surface area (TPSA) is 69.6 Å². The van der Waals surface area contributed by atoms with Crippen LogP contribution in [0.25, 0.3) is 0 Å². The summed E-state index contributed by atoms with van der Waals surface area (Å²) in [6.45, 7) is 3.81. The molecule has 0 radical (unpaired) electrons. The lowest BCUT2D eigenvalue weighted by atomic mass is 10.0. The highest BCUT2D eigenvalue weighted by Crippen LogP contribution is 2.07. The number of carbonyl (C=O) groups excluding carboxylic acids is 1. The predicted octanol–water partition coefficient (Wildman–Crippen LogP) is 1.20. The molecule has 0 rings (SSSR count). The maximum Gasteiger partial charge on any atom is 0.220 e. The first-order valence-electron chi connectivity index (χ1n) is 6.23. The summed E-state index contributed by atoms with van der Waals surface area (Å²) in [5.74, 6) is -0.101. The summed E-state index contributed by atoms with van der Waals surface area (Å²) < 4.78 is 0. The molecule has 3 N–H and O–H groups in total. The van der Waals surface area contributed by atoms with Gasteiger partial charge in [-0.25, -0.2) is 0 Å². The van der Waals surface area contributed by atoms with Crippen molar-refractivity contribution in [3.63, 3.8) is 0 Å². The molecule has 2 atom stereocenters. The van der Waals surface area contributed by atoms with Gasteiger partial charge in [0.25, 0.3) is 0 Å². The zero-order valence-corrected chi connectivity index (χ0v) is 10.4. The number of nitrogens with one attached hydrogen (secondary N) is 1. The van der Waals surface area contributed by atoms with Crippen LogP contribution in [-0.2, 0) is 4.79 Å². The van der Waals surface area contributed by atoms with Crippen molar-refractivity contribution in [1.29, 1.82) is 0 Å². The van der Waals surface area contributed by atoms with E-state index in [1.165, 1.54) is 0 Å². The van der Waals surface area contributed by atoms with Crippen LogP contribution >= 0.6 is 0 Å². The molecule has 0 spiro atoms. The summed E-state index contributed by atoms with van der Waals surface area (Å²) in [6.07, 6.45) is 4.30. The second kappa shape index (κ2) is 9.60. The van der Waals surface area contributed by atoms with Crippen LogP contribution in [0.3, 0.4) is 0 Å². The van der Waals surface area contributed by atoms with Crippen molar-refractivity contribution < 1.29 is 15.0 Å². The molecule has 0 aromatic carbocycles. The number of carbonyl (C=O) groups is 1. The van der Waals surface area contributed by atoms with Crippen LogP contribution in [0, 0.1) is 0 Å². The molecule has 96 valence electrons. The Morgan fingerprint density at radius 3 is 2.44 bits per heavy atom. The van der Waals surface area contributed by atoms with Crippen molar-refractivity contribution >= 4 is 5.91 Å². The molecule has 0 saturated heterocycles. The molecule has 4 nitrogen and oxygen atoms in total. The van der Waals surface area contributed by atoms with Crippen molar-refractivity contribution in [2.75, 3.05) is 6.61 Å². The van der Waals surface area contributed by atoms with Crippen LogP contribution in [0.1, 0.15) is 52.4 Å². The third-order valence-corrected chi connectivity index (χ3v) is 2.59. The molecule has 4 heteroatoms. The minimum atomic E-state index is -0.641. The highest BCUT2D eigenvalue weighted by molar-refractivity contribution is 5.76. The third-order valence-electron chi connectivity index (χ3n) is 2.59. The predicted molar refractivity (Wildman–Crippen MR) is 64.1 cm³/mol. The number of hydrogen-bond acceptors (Lipinski definition) is 3. The largest absolute Gasteiger partial charge is 0.394 e. The lowest BCUT2D eigenvalue weighted by Crippen LogP contribution is -2.45. The van der Waals surface area contributed by atoms with E-state index in [1.54, 1.807) is 0 Å². The van der Waals surface area contributed by atoms with Crippen LogP contribution in [0.15, 0.2) is 0 Å². The first kappa shape index (κ1) is 15.4. The fraction of sp³-hybridized carbons (Fsp3) is 0.917. The maximum atomic E-state index is 11.3. The van der Waals surface area contributed by atoms with E-state index in [4.69, 9.17) is 5.11 Å². The van der Waals surface area contributed by atoms with Gasteiger partial charge in [-0.05, 0) is 12.8 Å². The summed E-state index contributed by atoms with van der Waals surface area (Å²) in [7, 11) is 0. The van der Waals surface area contributed by atoms with E-state index in [9.17, 15) is 9.90 Å². The fourth-order valence-electron chi connectivity index (χ4n) is 1.57. The number of hydrogen-bond donors (Lipinski definition) is 3. The number of aliphatic hydroxyl groups excluding tert-OH is 2. The Morgan fingerprint density at radius 1 is 1.25 bits per heavy atom. The average molecular weight is 231 g/mol. The molecule has 0 bridgehead atoms. The minimum absolute atomic E-state index is 0.101. The Bertz CT molecular complexity index is 185. The van der Waals surface area contributed by atoms with Gasteiger partial charge in [-0.15, -0.1) is 0 Å². The summed E-state index contributed by atoms with van der Waals surface area (Å²) in [6, 6.07) is -0.518. The number of amides is 1. The van der Waals surface area contributed by atoms with Gasteiger partial charge >= 0.3 is 0 Å². The van der Waals surface area contributed by atoms with Gasteiger partial charge in [0.2, 0.25) is 5.91 Å². The molecule has 0 aliphatic rings. The molecule has 16 heavy (non-hydrogen) atoms. The standard InChI is InChI=1S/C12H25NO3/c1-3-5-6-8-11(15)10(9-14)13-12(16)7-4-2/h10-11,14-15H,3-9H2,1-2H3,(H,13,16). The lowest BCUT2D eigenvalue weighted by Gasteiger charge is -2.22. The molecule has 0 aromatic rings. The van der Waals surface area contributed by atoms with Crippen LogP contribution in [0.4, 0.5) is 0 Å². The van der Waals surface area contributed by atoms with Gasteiger partial charge in [-0.1, -0.05) is 33.1 Å². The van der Waals surface area contributed by atoms with Crippen LogP contribution < -0.4 is 5.32 Å². The van der Waals surface area contributed by atoms with Gasteiger partial charge in [0.15, 0.2) is 0 Å². The summed E-state index contributed by atoms with van der Waals surface area (Å²) in [5, 5.41) is 21.5. The molecule has 0 aliphatic heterocycles. The van der Waals surface area contributed by atoms with E-state index in [1.807, 2.05) is 6.92 Å². The first-order valence-corrected chi connectivity index (χ1v) is 6.23. The van der Waals surface area contributed by atoms with E-state index in [-0.39, 0.29) is 12.5 Å². The van der Waals surface area contributed by atoms with Gasteiger partial charge < -0.3 is 15.5 Å². The van der Waals surface area contributed by atoms with Crippen molar-refractivity contribution in [1.82, 2.24) is 5.32 Å². The quantitative estimate of drug-likeness (QED) is 0.522. The summed E-state index contributed by atoms with van der Waals surface area (Å²) in [5.41, 5.74) is 0. The van der Waals surface area contributed by atoms with Crippen molar-refractivity contribution in [2.45, 2.75) is 64.5 Å². The Kier molecular flexibility index (Phi) is 9.24. The number of unbranched alkanes of at least 4 members (excludes halogenated alkanes) is 2. The smallest absolute Gasteiger partial charge is 0.220 e. The van der Waals surface area contributed by atoms with E-state index < -0.39 is 12.1 Å². The van der Waals surface area contributed by atoms with E-state index >= 15 is 0 Å². The highest BCUT2D eigenvalue weighted by atomic mass is 16.3. The average Bonchev–Trinajstić information content (AvgIpc) is 2.26. The fourth-order valence-corrected chi connectivity index (χ4v) is 1.57. The van der Waals surface area contributed by atoms with Gasteiger partial charge in [0.05, 0.1) is 18.8 Å². The third kappa shape index (κ3) is 6.80. The lowest BCUT2D eigenvalue weighted by molar-refractivity contribution is -0.123. The van der Waals surface area contributed by atoms with Crippen LogP contribution in [-0.4, -0.2) is 34.9 Å². The highest BCUT2D eigenvalue weighted by Gasteiger charge is 2.19. The normalized spacial score (nSPS) is 14.5. The molecular formula is C12H25NO3. The monoisotopic (exact) mass is 231 g/mol. The van der Waals surface area contributed by atoms with E-state index in [2.05, 4.69) is 12.2 Å². The summed E-state index contributed by atoms with van der Waals surface area (Å²) in [4.78, 5) is 11.3. The second-order valence-electron chi connectivity index (χ2n) is 4.17. The molecule has 0 aromatic heterocycles. The SMILES string of the molecule is CCCCCC(O)C(CO)NC(=O)CCC. The zero-order valence-electron chi connectivity index (χ0n) is 10.4. The Hall–Kier alpha value is -0.610. The molecule has 1 amide bonds. The maximum absolute atomic E-state index is 11.3. The zero-order chi connectivity index (χ0) is 12.4. The van der Waals surface area contributed by atoms with E-state index in [0.717, 1.165) is 25.7 Å². The molecule has 2 unspecified atom stereocenters. The van der Waals surface area contributed by atoms with Crippen molar-refractivity contribution in [2.24, 2.45) is 0 Å². The van der Waals surface area contributed by atoms with Gasteiger partial charge in [0, 0.05) is 6.42 Å². The first-order chi connectivity index (χ1) is 7.65. The van der Waals surface area contributed by atoms with Crippen LogP contribution in [0.5, 0.6) is 0 Å². The Labute approximate surface area is 98.1 Å². The number of aliphatic hydroxyl groups is 2. The van der Waals surface area contributed by atoms with Crippen molar-refractivity contribution in [3.8, 4) is 0 Å². The molecule has 0 heterocycles. The second-order valence-corrected chi connectivity index (χ2v) is 4.17. The summed E-state index contributed by atoms with van der Waals surface area (Å²) >= 11 is 0. The molecule has 0 fully saturated rings. The van der Waals surface area contributed by atoms with E-state index in [0.29, 0.717) is 12.8 Å². The Morgan fingerprint density at radius 2 is 1.94 bits per heavy atom. The molecule has 0 aliphatic carbocycles. The minimum Gasteiger partial charge on any atom is -0.394 e. The van der Waals surface area contributed by atoms with Gasteiger partial charge in [0.1, 0.15) is 0 Å². The van der Waals surface area contributed by atoms with Gasteiger partial charge in [-0.3, -0.25) is 4.79 Å². The number of rotatable bonds is 9. The van der Waals surface area contributed by atoms with Crippen molar-refractivity contribution in [3.05, 3.63) is 0 Å².